The zero-order valence-corrected chi connectivity index (χ0v) is 12.8. The van der Waals surface area contributed by atoms with Crippen molar-refractivity contribution in [2.45, 2.75) is 0 Å². The molecule has 1 nitrogen and oxygen atoms in total. The number of halogens is 2. The highest BCUT2D eigenvalue weighted by Crippen LogP contribution is 2.29. The van der Waals surface area contributed by atoms with E-state index >= 15 is 0 Å². The van der Waals surface area contributed by atoms with Crippen molar-refractivity contribution < 1.29 is 4.79 Å². The fourth-order valence-electron chi connectivity index (χ4n) is 1.99. The van der Waals surface area contributed by atoms with E-state index in [0.29, 0.717) is 10.6 Å². The number of hydrogen-bond acceptors (Lipinski definition) is 2. The van der Waals surface area contributed by atoms with Gasteiger partial charge in [-0.3, -0.25) is 4.79 Å². The van der Waals surface area contributed by atoms with Crippen LogP contribution in [-0.4, -0.2) is 5.78 Å². The highest BCUT2D eigenvalue weighted by atomic mass is 79.9. The summed E-state index contributed by atoms with van der Waals surface area (Å²) >= 11 is 11.0. The Hall–Kier alpha value is -1.16. The summed E-state index contributed by atoms with van der Waals surface area (Å²) in [6.45, 7) is 0. The van der Waals surface area contributed by atoms with Crippen LogP contribution in [0.1, 0.15) is 15.9 Å². The molecule has 0 unspecified atom stereocenters. The van der Waals surface area contributed by atoms with Crippen LogP contribution >= 0.6 is 38.9 Å². The van der Waals surface area contributed by atoms with E-state index in [2.05, 4.69) is 15.9 Å². The summed E-state index contributed by atoms with van der Waals surface area (Å²) in [4.78, 5) is 12.6. The van der Waals surface area contributed by atoms with Gasteiger partial charge in [-0.25, -0.2) is 0 Å². The molecule has 0 radical (unpaired) electrons. The lowest BCUT2D eigenvalue weighted by Crippen LogP contribution is -2.02. The summed E-state index contributed by atoms with van der Waals surface area (Å²) in [5.74, 6) is -0.0116. The zero-order chi connectivity index (χ0) is 13.4. The molecule has 0 saturated carbocycles. The average molecular weight is 352 g/mol. The molecule has 19 heavy (non-hydrogen) atoms. The Morgan fingerprint density at radius 2 is 1.95 bits per heavy atom. The Labute approximate surface area is 128 Å². The van der Waals surface area contributed by atoms with Gasteiger partial charge in [-0.2, -0.15) is 0 Å². The number of thiophene rings is 1. The van der Waals surface area contributed by atoms with E-state index in [9.17, 15) is 4.79 Å². The van der Waals surface area contributed by atoms with Crippen LogP contribution in [0.3, 0.4) is 0 Å². The molecule has 1 heterocycles. The molecule has 0 atom stereocenters. The number of fused-ring (bicyclic) bond motifs is 1. The molecule has 94 valence electrons. The predicted molar refractivity (Wildman–Crippen MR) is 84.4 cm³/mol. The van der Waals surface area contributed by atoms with Gasteiger partial charge >= 0.3 is 0 Å². The number of carbonyl (C=O) groups is 1. The van der Waals surface area contributed by atoms with E-state index in [0.717, 1.165) is 20.1 Å². The number of carbonyl (C=O) groups excluding carboxylic acids is 1. The lowest BCUT2D eigenvalue weighted by molar-refractivity contribution is 0.103. The normalized spacial score (nSPS) is 10.8. The molecule has 0 spiro atoms. The minimum atomic E-state index is -0.0116. The van der Waals surface area contributed by atoms with Crippen molar-refractivity contribution in [1.82, 2.24) is 0 Å². The first kappa shape index (κ1) is 12.9. The SMILES string of the molecule is O=C(c1cc(Cl)ccc1Br)c1cccc2ccsc12. The highest BCUT2D eigenvalue weighted by molar-refractivity contribution is 9.10. The second-order valence-corrected chi connectivity index (χ2v) is 6.30. The summed E-state index contributed by atoms with van der Waals surface area (Å²) < 4.78 is 1.77. The van der Waals surface area contributed by atoms with Crippen molar-refractivity contribution >= 4 is 54.7 Å². The number of ketones is 1. The maximum absolute atomic E-state index is 12.6. The molecule has 0 bridgehead atoms. The van der Waals surface area contributed by atoms with Crippen LogP contribution in [0, 0.1) is 0 Å². The molecule has 0 amide bonds. The van der Waals surface area contributed by atoms with Gasteiger partial charge in [0.15, 0.2) is 5.78 Å². The van der Waals surface area contributed by atoms with Crippen molar-refractivity contribution in [1.29, 1.82) is 0 Å². The largest absolute Gasteiger partial charge is 0.289 e. The van der Waals surface area contributed by atoms with Crippen LogP contribution in [0.15, 0.2) is 52.3 Å². The minimum absolute atomic E-state index is 0.0116. The molecule has 0 aliphatic heterocycles. The third-order valence-electron chi connectivity index (χ3n) is 2.90. The van der Waals surface area contributed by atoms with Gasteiger partial charge in [-0.05, 0) is 41.1 Å². The molecule has 3 rings (SSSR count). The van der Waals surface area contributed by atoms with E-state index in [1.165, 1.54) is 0 Å². The third-order valence-corrected chi connectivity index (χ3v) is 4.79. The topological polar surface area (TPSA) is 17.1 Å². The van der Waals surface area contributed by atoms with Gasteiger partial charge in [0, 0.05) is 25.3 Å². The van der Waals surface area contributed by atoms with Crippen molar-refractivity contribution in [2.75, 3.05) is 0 Å². The van der Waals surface area contributed by atoms with Crippen LogP contribution in [0.2, 0.25) is 5.02 Å². The zero-order valence-electron chi connectivity index (χ0n) is 9.69. The van der Waals surface area contributed by atoms with Gasteiger partial charge in [0.25, 0.3) is 0 Å². The molecule has 0 fully saturated rings. The first-order valence-electron chi connectivity index (χ1n) is 5.63. The van der Waals surface area contributed by atoms with Crippen LogP contribution < -0.4 is 0 Å². The van der Waals surface area contributed by atoms with Gasteiger partial charge in [0.05, 0.1) is 0 Å². The molecule has 0 aliphatic rings. The Bertz CT molecular complexity index is 779. The summed E-state index contributed by atoms with van der Waals surface area (Å²) in [5.41, 5.74) is 1.31. The van der Waals surface area contributed by atoms with Crippen molar-refractivity contribution in [3.05, 3.63) is 68.5 Å². The van der Waals surface area contributed by atoms with Crippen LogP contribution in [0.5, 0.6) is 0 Å². The Kier molecular flexibility index (Phi) is 3.44. The molecule has 0 N–H and O–H groups in total. The van der Waals surface area contributed by atoms with Gasteiger partial charge in [0.2, 0.25) is 0 Å². The second-order valence-electron chi connectivity index (χ2n) is 4.10. The Morgan fingerprint density at radius 1 is 1.11 bits per heavy atom. The van der Waals surface area contributed by atoms with Gasteiger partial charge in [0.1, 0.15) is 0 Å². The lowest BCUT2D eigenvalue weighted by atomic mass is 10.0. The first-order chi connectivity index (χ1) is 9.16. The van der Waals surface area contributed by atoms with Gasteiger partial charge < -0.3 is 0 Å². The monoisotopic (exact) mass is 350 g/mol. The molecule has 3 aromatic rings. The van der Waals surface area contributed by atoms with E-state index in [1.807, 2.05) is 29.6 Å². The van der Waals surface area contributed by atoms with Gasteiger partial charge in [-0.1, -0.05) is 39.7 Å². The molecule has 4 heteroatoms. The fourth-order valence-corrected chi connectivity index (χ4v) is 3.50. The Balaban J connectivity index is 2.19. The molecular weight excluding hydrogens is 344 g/mol. The maximum Gasteiger partial charge on any atom is 0.195 e. The number of hydrogen-bond donors (Lipinski definition) is 0. The average Bonchev–Trinajstić information content (AvgIpc) is 2.89. The third kappa shape index (κ3) is 2.34. The van der Waals surface area contributed by atoms with Crippen molar-refractivity contribution in [3.8, 4) is 0 Å². The summed E-state index contributed by atoms with van der Waals surface area (Å²) in [7, 11) is 0. The van der Waals surface area contributed by atoms with Crippen LogP contribution in [0.4, 0.5) is 0 Å². The summed E-state index contributed by atoms with van der Waals surface area (Å²) in [6, 6.07) is 13.0. The van der Waals surface area contributed by atoms with E-state index < -0.39 is 0 Å². The molecule has 2 aromatic carbocycles. The maximum atomic E-state index is 12.6. The number of rotatable bonds is 2. The summed E-state index contributed by atoms with van der Waals surface area (Å²) in [5, 5.41) is 3.65. The first-order valence-corrected chi connectivity index (χ1v) is 7.68. The molecule has 0 saturated heterocycles. The Morgan fingerprint density at radius 3 is 2.79 bits per heavy atom. The number of benzene rings is 2. The van der Waals surface area contributed by atoms with E-state index in [-0.39, 0.29) is 5.78 Å². The molecular formula is C15H8BrClOS. The van der Waals surface area contributed by atoms with Crippen molar-refractivity contribution in [3.63, 3.8) is 0 Å². The second kappa shape index (κ2) is 5.08. The standard InChI is InChI=1S/C15H8BrClOS/c16-13-5-4-10(17)8-12(13)14(18)11-3-1-2-9-6-7-19-15(9)11/h1-8H. The van der Waals surface area contributed by atoms with Crippen molar-refractivity contribution in [2.24, 2.45) is 0 Å². The minimum Gasteiger partial charge on any atom is -0.289 e. The lowest BCUT2D eigenvalue weighted by Gasteiger charge is -2.05. The van der Waals surface area contributed by atoms with E-state index in [1.54, 1.807) is 29.5 Å². The smallest absolute Gasteiger partial charge is 0.195 e. The fraction of sp³-hybridized carbons (Fsp3) is 0. The quantitative estimate of drug-likeness (QED) is 0.553. The van der Waals surface area contributed by atoms with Crippen LogP contribution in [-0.2, 0) is 0 Å². The molecule has 1 aromatic heterocycles. The molecule has 0 aliphatic carbocycles. The highest BCUT2D eigenvalue weighted by Gasteiger charge is 2.16. The van der Waals surface area contributed by atoms with Gasteiger partial charge in [-0.15, -0.1) is 11.3 Å². The predicted octanol–water partition coefficient (Wildman–Crippen LogP) is 5.55. The summed E-state index contributed by atoms with van der Waals surface area (Å²) in [6.07, 6.45) is 0. The van der Waals surface area contributed by atoms with Crippen LogP contribution in [0.25, 0.3) is 10.1 Å². The van der Waals surface area contributed by atoms with E-state index in [4.69, 9.17) is 11.6 Å².